The average Bonchev–Trinajstić information content (AvgIpc) is 2.40. The van der Waals surface area contributed by atoms with Crippen LogP contribution in [0.4, 0.5) is 5.69 Å². The first kappa shape index (κ1) is 14.0. The van der Waals surface area contributed by atoms with Gasteiger partial charge in [0.2, 0.25) is 0 Å². The Morgan fingerprint density at radius 2 is 1.84 bits per heavy atom. The van der Waals surface area contributed by atoms with Gasteiger partial charge < -0.3 is 5.32 Å². The van der Waals surface area contributed by atoms with Gasteiger partial charge in [0.05, 0.1) is 0 Å². The molecule has 0 heterocycles. The van der Waals surface area contributed by atoms with Crippen LogP contribution in [-0.4, -0.2) is 0 Å². The molecule has 0 aliphatic heterocycles. The molecule has 0 spiro atoms. The van der Waals surface area contributed by atoms with E-state index in [1.54, 1.807) is 0 Å². The van der Waals surface area contributed by atoms with Gasteiger partial charge in [-0.3, -0.25) is 0 Å². The molecule has 100 valence electrons. The molecule has 0 unspecified atom stereocenters. The molecule has 2 aromatic rings. The smallest absolute Gasteiger partial charge is 0.0458 e. The highest BCUT2D eigenvalue weighted by molar-refractivity contribution is 6.31. The molecule has 0 atom stereocenters. The van der Waals surface area contributed by atoms with Crippen molar-refractivity contribution in [2.45, 2.75) is 33.2 Å². The van der Waals surface area contributed by atoms with Gasteiger partial charge in [-0.15, -0.1) is 0 Å². The average molecular weight is 274 g/mol. The van der Waals surface area contributed by atoms with Crippen molar-refractivity contribution in [2.24, 2.45) is 0 Å². The summed E-state index contributed by atoms with van der Waals surface area (Å²) in [5.74, 6) is 0. The fraction of sp³-hybridized carbons (Fsp3) is 0.294. The van der Waals surface area contributed by atoms with Crippen LogP contribution in [0.2, 0.25) is 5.02 Å². The summed E-state index contributed by atoms with van der Waals surface area (Å²) in [6.07, 6.45) is 2.26. The van der Waals surface area contributed by atoms with E-state index in [-0.39, 0.29) is 0 Å². The summed E-state index contributed by atoms with van der Waals surface area (Å²) >= 11 is 6.26. The predicted octanol–water partition coefficient (Wildman–Crippen LogP) is 5.21. The first-order valence-corrected chi connectivity index (χ1v) is 7.15. The molecule has 0 aliphatic rings. The number of hydrogen-bond acceptors (Lipinski definition) is 1. The number of benzene rings is 2. The minimum absolute atomic E-state index is 0.764. The molecular weight excluding hydrogens is 254 g/mol. The van der Waals surface area contributed by atoms with E-state index in [1.165, 1.54) is 16.8 Å². The lowest BCUT2D eigenvalue weighted by Gasteiger charge is -2.12. The van der Waals surface area contributed by atoms with Crippen LogP contribution in [0.1, 0.15) is 30.0 Å². The molecule has 0 amide bonds. The lowest BCUT2D eigenvalue weighted by molar-refractivity contribution is 0.919. The highest BCUT2D eigenvalue weighted by Gasteiger charge is 2.03. The van der Waals surface area contributed by atoms with Gasteiger partial charge in [0.15, 0.2) is 0 Å². The molecule has 1 N–H and O–H groups in total. The summed E-state index contributed by atoms with van der Waals surface area (Å²) in [6.45, 7) is 5.02. The molecule has 0 fully saturated rings. The molecule has 0 aromatic heterocycles. The first-order valence-electron chi connectivity index (χ1n) is 6.77. The quantitative estimate of drug-likeness (QED) is 0.788. The summed E-state index contributed by atoms with van der Waals surface area (Å²) in [5, 5.41) is 4.32. The second-order valence-electron chi connectivity index (χ2n) is 4.86. The van der Waals surface area contributed by atoms with E-state index in [1.807, 2.05) is 6.07 Å². The van der Waals surface area contributed by atoms with Gasteiger partial charge in [-0.1, -0.05) is 55.3 Å². The van der Waals surface area contributed by atoms with Crippen molar-refractivity contribution in [3.63, 3.8) is 0 Å². The van der Waals surface area contributed by atoms with E-state index in [9.17, 15) is 0 Å². The number of anilines is 1. The second kappa shape index (κ2) is 6.63. The maximum Gasteiger partial charge on any atom is 0.0458 e. The first-order chi connectivity index (χ1) is 9.20. The van der Waals surface area contributed by atoms with E-state index in [2.05, 4.69) is 55.6 Å². The molecule has 2 heteroatoms. The van der Waals surface area contributed by atoms with Crippen LogP contribution in [0.25, 0.3) is 0 Å². The van der Waals surface area contributed by atoms with Crippen LogP contribution in [0, 0.1) is 6.92 Å². The summed E-state index contributed by atoms with van der Waals surface area (Å²) < 4.78 is 0. The van der Waals surface area contributed by atoms with E-state index >= 15 is 0 Å². The Hall–Kier alpha value is -1.47. The Morgan fingerprint density at radius 1 is 1.05 bits per heavy atom. The molecule has 2 aromatic carbocycles. The van der Waals surface area contributed by atoms with Gasteiger partial charge in [-0.05, 0) is 42.2 Å². The van der Waals surface area contributed by atoms with Crippen molar-refractivity contribution in [1.29, 1.82) is 0 Å². The van der Waals surface area contributed by atoms with E-state index in [0.29, 0.717) is 0 Å². The van der Waals surface area contributed by atoms with Crippen LogP contribution >= 0.6 is 11.6 Å². The van der Waals surface area contributed by atoms with Crippen LogP contribution in [0.15, 0.2) is 42.5 Å². The third-order valence-corrected chi connectivity index (χ3v) is 3.57. The van der Waals surface area contributed by atoms with Crippen molar-refractivity contribution in [3.8, 4) is 0 Å². The van der Waals surface area contributed by atoms with E-state index in [0.717, 1.165) is 30.0 Å². The molecule has 0 saturated heterocycles. The van der Waals surface area contributed by atoms with Crippen molar-refractivity contribution in [3.05, 3.63) is 64.2 Å². The van der Waals surface area contributed by atoms with Crippen molar-refractivity contribution < 1.29 is 0 Å². The standard InChI is InChI=1S/C17H20ClN/c1-3-6-14-7-4-5-8-17(14)19-12-15-10-9-13(2)11-16(15)18/h4-5,7-11,19H,3,6,12H2,1-2H3. The number of nitrogens with one attached hydrogen (secondary N) is 1. The van der Waals surface area contributed by atoms with E-state index in [4.69, 9.17) is 11.6 Å². The maximum absolute atomic E-state index is 6.26. The Morgan fingerprint density at radius 3 is 2.58 bits per heavy atom. The molecular formula is C17H20ClN. The Labute approximate surface area is 120 Å². The predicted molar refractivity (Wildman–Crippen MR) is 84.0 cm³/mol. The van der Waals surface area contributed by atoms with Crippen LogP contribution in [0.5, 0.6) is 0 Å². The van der Waals surface area contributed by atoms with Crippen molar-refractivity contribution in [2.75, 3.05) is 5.32 Å². The second-order valence-corrected chi connectivity index (χ2v) is 5.26. The van der Waals surface area contributed by atoms with Crippen molar-refractivity contribution >= 4 is 17.3 Å². The minimum Gasteiger partial charge on any atom is -0.381 e. The number of para-hydroxylation sites is 1. The number of rotatable bonds is 5. The zero-order valence-corrected chi connectivity index (χ0v) is 12.3. The molecule has 0 saturated carbocycles. The van der Waals surface area contributed by atoms with Gasteiger partial charge >= 0.3 is 0 Å². The lowest BCUT2D eigenvalue weighted by atomic mass is 10.1. The minimum atomic E-state index is 0.764. The SMILES string of the molecule is CCCc1ccccc1NCc1ccc(C)cc1Cl. The van der Waals surface area contributed by atoms with Crippen LogP contribution in [-0.2, 0) is 13.0 Å². The third kappa shape index (κ3) is 3.74. The molecule has 0 bridgehead atoms. The number of hydrogen-bond donors (Lipinski definition) is 1. The topological polar surface area (TPSA) is 12.0 Å². The molecule has 2 rings (SSSR count). The van der Waals surface area contributed by atoms with Gasteiger partial charge in [-0.25, -0.2) is 0 Å². The Kier molecular flexibility index (Phi) is 4.86. The highest BCUT2D eigenvalue weighted by atomic mass is 35.5. The fourth-order valence-corrected chi connectivity index (χ4v) is 2.47. The molecule has 0 radical (unpaired) electrons. The highest BCUT2D eigenvalue weighted by Crippen LogP contribution is 2.21. The number of halogens is 1. The zero-order valence-electron chi connectivity index (χ0n) is 11.5. The summed E-state index contributed by atoms with van der Waals surface area (Å²) in [6, 6.07) is 14.7. The third-order valence-electron chi connectivity index (χ3n) is 3.21. The lowest BCUT2D eigenvalue weighted by Crippen LogP contribution is -2.03. The molecule has 1 nitrogen and oxygen atoms in total. The largest absolute Gasteiger partial charge is 0.381 e. The summed E-state index contributed by atoms with van der Waals surface area (Å²) in [7, 11) is 0. The Bertz CT molecular complexity index is 549. The monoisotopic (exact) mass is 273 g/mol. The fourth-order valence-electron chi connectivity index (χ4n) is 2.17. The molecule has 0 aliphatic carbocycles. The summed E-state index contributed by atoms with van der Waals surface area (Å²) in [4.78, 5) is 0. The van der Waals surface area contributed by atoms with E-state index < -0.39 is 0 Å². The summed E-state index contributed by atoms with van der Waals surface area (Å²) in [5.41, 5.74) is 4.91. The number of aryl methyl sites for hydroxylation is 2. The van der Waals surface area contributed by atoms with Crippen molar-refractivity contribution in [1.82, 2.24) is 0 Å². The van der Waals surface area contributed by atoms with Gasteiger partial charge in [0.1, 0.15) is 0 Å². The molecule has 19 heavy (non-hydrogen) atoms. The zero-order chi connectivity index (χ0) is 13.7. The van der Waals surface area contributed by atoms with Gasteiger partial charge in [0.25, 0.3) is 0 Å². The van der Waals surface area contributed by atoms with Crippen LogP contribution in [0.3, 0.4) is 0 Å². The normalized spacial score (nSPS) is 10.5. The van der Waals surface area contributed by atoms with Gasteiger partial charge in [0, 0.05) is 17.3 Å². The Balaban J connectivity index is 2.10. The maximum atomic E-state index is 6.26. The van der Waals surface area contributed by atoms with Gasteiger partial charge in [-0.2, -0.15) is 0 Å². The van der Waals surface area contributed by atoms with Crippen LogP contribution < -0.4 is 5.32 Å².